The number of anilines is 1. The van der Waals surface area contributed by atoms with Gasteiger partial charge in [0.2, 0.25) is 0 Å². The van der Waals surface area contributed by atoms with Gasteiger partial charge >= 0.3 is 0 Å². The van der Waals surface area contributed by atoms with Gasteiger partial charge in [-0.2, -0.15) is 5.10 Å². The van der Waals surface area contributed by atoms with Crippen molar-refractivity contribution < 1.29 is 0 Å². The van der Waals surface area contributed by atoms with Gasteiger partial charge in [-0.3, -0.25) is 0 Å². The van der Waals surface area contributed by atoms with E-state index in [2.05, 4.69) is 17.2 Å². The number of hydrogen-bond donors (Lipinski definition) is 1. The summed E-state index contributed by atoms with van der Waals surface area (Å²) < 4.78 is 1.83. The Morgan fingerprint density at radius 1 is 1.27 bits per heavy atom. The fourth-order valence-electron chi connectivity index (χ4n) is 1.80. The summed E-state index contributed by atoms with van der Waals surface area (Å²) in [5.41, 5.74) is 9.22. The van der Waals surface area contributed by atoms with Crippen molar-refractivity contribution in [3.05, 3.63) is 36.0 Å². The molecule has 2 rings (SSSR count). The fraction of sp³-hybridized carbons (Fsp3) is 0.250. The largest absolute Gasteiger partial charge is 0.383 e. The molecule has 15 heavy (non-hydrogen) atoms. The summed E-state index contributed by atoms with van der Waals surface area (Å²) in [4.78, 5) is 0. The number of aryl methyl sites for hydroxylation is 2. The minimum absolute atomic E-state index is 0.751. The van der Waals surface area contributed by atoms with E-state index in [9.17, 15) is 0 Å². The van der Waals surface area contributed by atoms with Gasteiger partial charge in [0.15, 0.2) is 0 Å². The van der Waals surface area contributed by atoms with Crippen LogP contribution in [0.5, 0.6) is 0 Å². The van der Waals surface area contributed by atoms with Crippen molar-refractivity contribution in [2.45, 2.75) is 20.4 Å². The molecule has 2 aromatic rings. The van der Waals surface area contributed by atoms with E-state index in [1.165, 1.54) is 0 Å². The summed E-state index contributed by atoms with van der Waals surface area (Å²) in [6, 6.07) is 10.1. The molecule has 1 aromatic heterocycles. The second-order valence-electron chi connectivity index (χ2n) is 3.53. The number of nitrogens with two attached hydrogens (primary N) is 1. The first-order valence-corrected chi connectivity index (χ1v) is 5.12. The van der Waals surface area contributed by atoms with Gasteiger partial charge < -0.3 is 5.73 Å². The van der Waals surface area contributed by atoms with Crippen LogP contribution in [0.4, 0.5) is 5.82 Å². The first-order chi connectivity index (χ1) is 7.24. The van der Waals surface area contributed by atoms with Gasteiger partial charge in [-0.15, -0.1) is 0 Å². The molecule has 3 heteroatoms. The highest BCUT2D eigenvalue weighted by atomic mass is 15.3. The average molecular weight is 201 g/mol. The van der Waals surface area contributed by atoms with E-state index in [0.717, 1.165) is 29.2 Å². The SMILES string of the molecule is CCn1nc(C)c(-c2ccccc2)c1N. The lowest BCUT2D eigenvalue weighted by molar-refractivity contribution is 0.663. The highest BCUT2D eigenvalue weighted by molar-refractivity contribution is 5.76. The molecule has 78 valence electrons. The van der Waals surface area contributed by atoms with Crippen LogP contribution in [0.1, 0.15) is 12.6 Å². The quantitative estimate of drug-likeness (QED) is 0.811. The molecule has 0 saturated carbocycles. The number of nitrogen functional groups attached to an aromatic ring is 1. The van der Waals surface area contributed by atoms with Crippen molar-refractivity contribution in [2.24, 2.45) is 0 Å². The number of aromatic nitrogens is 2. The van der Waals surface area contributed by atoms with Gasteiger partial charge in [-0.05, 0) is 19.4 Å². The second kappa shape index (κ2) is 3.77. The van der Waals surface area contributed by atoms with Crippen molar-refractivity contribution in [1.82, 2.24) is 9.78 Å². The van der Waals surface area contributed by atoms with Crippen LogP contribution in [-0.4, -0.2) is 9.78 Å². The highest BCUT2D eigenvalue weighted by Gasteiger charge is 2.12. The number of benzene rings is 1. The zero-order chi connectivity index (χ0) is 10.8. The average Bonchev–Trinajstić information content (AvgIpc) is 2.55. The molecular weight excluding hydrogens is 186 g/mol. The summed E-state index contributed by atoms with van der Waals surface area (Å²) in [6.45, 7) is 4.84. The molecule has 3 nitrogen and oxygen atoms in total. The van der Waals surface area contributed by atoms with Crippen LogP contribution in [0.25, 0.3) is 11.1 Å². The van der Waals surface area contributed by atoms with E-state index in [-0.39, 0.29) is 0 Å². The molecule has 0 aliphatic rings. The molecule has 0 saturated heterocycles. The molecule has 0 aliphatic carbocycles. The first-order valence-electron chi connectivity index (χ1n) is 5.12. The van der Waals surface area contributed by atoms with Crippen molar-refractivity contribution in [2.75, 3.05) is 5.73 Å². The molecule has 1 aromatic carbocycles. The third-order valence-electron chi connectivity index (χ3n) is 2.53. The Hall–Kier alpha value is -1.77. The molecule has 0 amide bonds. The molecule has 0 unspecified atom stereocenters. The Bertz CT molecular complexity index is 457. The van der Waals surface area contributed by atoms with Crippen molar-refractivity contribution in [3.63, 3.8) is 0 Å². The lowest BCUT2D eigenvalue weighted by atomic mass is 10.1. The van der Waals surface area contributed by atoms with E-state index in [0.29, 0.717) is 0 Å². The second-order valence-corrected chi connectivity index (χ2v) is 3.53. The molecule has 0 spiro atoms. The Morgan fingerprint density at radius 2 is 1.93 bits per heavy atom. The maximum atomic E-state index is 6.05. The molecule has 0 radical (unpaired) electrons. The van der Waals surface area contributed by atoms with Crippen LogP contribution in [-0.2, 0) is 6.54 Å². The van der Waals surface area contributed by atoms with Crippen LogP contribution in [0.2, 0.25) is 0 Å². The molecular formula is C12H15N3. The van der Waals surface area contributed by atoms with Crippen LogP contribution in [0, 0.1) is 6.92 Å². The summed E-state index contributed by atoms with van der Waals surface area (Å²) in [7, 11) is 0. The topological polar surface area (TPSA) is 43.8 Å². The van der Waals surface area contributed by atoms with Gasteiger partial charge in [0.05, 0.1) is 5.69 Å². The predicted octanol–water partition coefficient (Wildman–Crippen LogP) is 2.46. The van der Waals surface area contributed by atoms with Crippen LogP contribution >= 0.6 is 0 Å². The first kappa shape index (κ1) is 9.77. The molecule has 0 bridgehead atoms. The van der Waals surface area contributed by atoms with E-state index in [1.54, 1.807) is 0 Å². The summed E-state index contributed by atoms with van der Waals surface area (Å²) >= 11 is 0. The minimum atomic E-state index is 0.751. The third-order valence-corrected chi connectivity index (χ3v) is 2.53. The van der Waals surface area contributed by atoms with E-state index >= 15 is 0 Å². The van der Waals surface area contributed by atoms with Gasteiger partial charge in [-0.1, -0.05) is 30.3 Å². The van der Waals surface area contributed by atoms with Crippen LogP contribution < -0.4 is 5.73 Å². The van der Waals surface area contributed by atoms with Crippen LogP contribution in [0.15, 0.2) is 30.3 Å². The molecule has 0 aliphatic heterocycles. The summed E-state index contributed by atoms with van der Waals surface area (Å²) in [5.74, 6) is 0.751. The molecule has 2 N–H and O–H groups in total. The summed E-state index contributed by atoms with van der Waals surface area (Å²) in [5, 5.41) is 4.40. The van der Waals surface area contributed by atoms with Gasteiger partial charge in [0.25, 0.3) is 0 Å². The maximum absolute atomic E-state index is 6.05. The predicted molar refractivity (Wildman–Crippen MR) is 62.5 cm³/mol. The Morgan fingerprint density at radius 3 is 2.47 bits per heavy atom. The van der Waals surface area contributed by atoms with E-state index in [1.807, 2.05) is 36.7 Å². The van der Waals surface area contributed by atoms with E-state index in [4.69, 9.17) is 5.73 Å². The van der Waals surface area contributed by atoms with Crippen molar-refractivity contribution in [1.29, 1.82) is 0 Å². The normalized spacial score (nSPS) is 10.5. The zero-order valence-electron chi connectivity index (χ0n) is 9.07. The standard InChI is InChI=1S/C12H15N3/c1-3-15-12(13)11(9(2)14-15)10-7-5-4-6-8-10/h4-8H,3,13H2,1-2H3. The third kappa shape index (κ3) is 1.61. The monoisotopic (exact) mass is 201 g/mol. The Labute approximate surface area is 89.5 Å². The number of rotatable bonds is 2. The Balaban J connectivity index is 2.58. The van der Waals surface area contributed by atoms with Gasteiger partial charge in [-0.25, -0.2) is 4.68 Å². The van der Waals surface area contributed by atoms with Crippen LogP contribution in [0.3, 0.4) is 0 Å². The van der Waals surface area contributed by atoms with Crippen molar-refractivity contribution in [3.8, 4) is 11.1 Å². The lowest BCUT2D eigenvalue weighted by Crippen LogP contribution is -2.02. The van der Waals surface area contributed by atoms with Crippen molar-refractivity contribution >= 4 is 5.82 Å². The smallest absolute Gasteiger partial charge is 0.129 e. The molecule has 1 heterocycles. The number of nitrogens with zero attached hydrogens (tertiary/aromatic N) is 2. The fourth-order valence-corrected chi connectivity index (χ4v) is 1.80. The number of hydrogen-bond acceptors (Lipinski definition) is 2. The summed E-state index contributed by atoms with van der Waals surface area (Å²) in [6.07, 6.45) is 0. The van der Waals surface area contributed by atoms with E-state index < -0.39 is 0 Å². The lowest BCUT2D eigenvalue weighted by Gasteiger charge is -2.02. The van der Waals surface area contributed by atoms with Gasteiger partial charge in [0, 0.05) is 12.1 Å². The minimum Gasteiger partial charge on any atom is -0.383 e. The molecule has 0 fully saturated rings. The zero-order valence-corrected chi connectivity index (χ0v) is 9.07. The van der Waals surface area contributed by atoms with Gasteiger partial charge in [0.1, 0.15) is 5.82 Å². The maximum Gasteiger partial charge on any atom is 0.129 e. The molecule has 0 atom stereocenters. The Kier molecular flexibility index (Phi) is 2.46. The highest BCUT2D eigenvalue weighted by Crippen LogP contribution is 2.28.